The highest BCUT2D eigenvalue weighted by Crippen LogP contribution is 2.47. The van der Waals surface area contributed by atoms with Gasteiger partial charge in [0.2, 0.25) is 0 Å². The van der Waals surface area contributed by atoms with Gasteiger partial charge in [0, 0.05) is 55.2 Å². The average molecular weight is 943 g/mol. The van der Waals surface area contributed by atoms with E-state index >= 15 is 0 Å². The third-order valence-electron chi connectivity index (χ3n) is 14.5. The monoisotopic (exact) mass is 942 g/mol. The van der Waals surface area contributed by atoms with Crippen LogP contribution in [0.1, 0.15) is 0 Å². The quantitative estimate of drug-likeness (QED) is 0.145. The summed E-state index contributed by atoms with van der Waals surface area (Å²) in [6.45, 7) is 0. The van der Waals surface area contributed by atoms with Crippen LogP contribution in [0.5, 0.6) is 0 Å². The standard InChI is InChI=1S/C70H46N4/c1-8-22-47(23-9-1)52-36-38-66-59(40-52)60-41-53(37-39-67(60)73(66)56-32-18-6-19-33-56)58-42-54(48-24-10-2-11-25-48)43-61-62-44-55(49-26-12-3-13-27-49)45-63(69(62)74(68(58)61)57-34-20-7-21-35-57)65-46-64(50-28-14-4-15-29-50)71-70(72-65)51-30-16-5-17-31-51/h1-46H. The van der Waals surface area contributed by atoms with Crippen LogP contribution in [0.3, 0.4) is 0 Å². The summed E-state index contributed by atoms with van der Waals surface area (Å²) in [5, 5.41) is 4.68. The molecule has 0 saturated carbocycles. The third kappa shape index (κ3) is 7.48. The summed E-state index contributed by atoms with van der Waals surface area (Å²) in [5.74, 6) is 0.674. The van der Waals surface area contributed by atoms with Crippen molar-refractivity contribution >= 4 is 43.6 Å². The van der Waals surface area contributed by atoms with E-state index in [0.29, 0.717) is 5.82 Å². The molecule has 346 valence electrons. The minimum absolute atomic E-state index is 0.674. The first-order valence-corrected chi connectivity index (χ1v) is 25.2. The van der Waals surface area contributed by atoms with Crippen LogP contribution < -0.4 is 0 Å². The van der Waals surface area contributed by atoms with Gasteiger partial charge in [-0.15, -0.1) is 0 Å². The first-order valence-electron chi connectivity index (χ1n) is 25.2. The first kappa shape index (κ1) is 42.9. The highest BCUT2D eigenvalue weighted by Gasteiger charge is 2.25. The predicted molar refractivity (Wildman–Crippen MR) is 309 cm³/mol. The van der Waals surface area contributed by atoms with E-state index < -0.39 is 0 Å². The Morgan fingerprint density at radius 3 is 1.14 bits per heavy atom. The minimum atomic E-state index is 0.674. The maximum absolute atomic E-state index is 5.53. The number of hydrogen-bond acceptors (Lipinski definition) is 2. The Kier molecular flexibility index (Phi) is 10.5. The molecule has 0 bridgehead atoms. The molecule has 11 aromatic carbocycles. The maximum atomic E-state index is 5.53. The van der Waals surface area contributed by atoms with Crippen molar-refractivity contribution in [3.05, 3.63) is 279 Å². The number of benzene rings is 11. The van der Waals surface area contributed by atoms with E-state index in [2.05, 4.69) is 282 Å². The molecule has 0 atom stereocenters. The molecule has 0 aliphatic carbocycles. The van der Waals surface area contributed by atoms with Gasteiger partial charge in [0.15, 0.2) is 5.82 Å². The summed E-state index contributed by atoms with van der Waals surface area (Å²) in [6.07, 6.45) is 0. The van der Waals surface area contributed by atoms with E-state index in [1.54, 1.807) is 0 Å². The van der Waals surface area contributed by atoms with Gasteiger partial charge in [-0.1, -0.05) is 200 Å². The second kappa shape index (κ2) is 18.1. The molecule has 0 amide bonds. The molecule has 4 heteroatoms. The Labute approximate surface area is 429 Å². The van der Waals surface area contributed by atoms with Crippen molar-refractivity contribution in [1.29, 1.82) is 0 Å². The van der Waals surface area contributed by atoms with Crippen LogP contribution in [0.2, 0.25) is 0 Å². The molecule has 74 heavy (non-hydrogen) atoms. The minimum Gasteiger partial charge on any atom is -0.309 e. The summed E-state index contributed by atoms with van der Waals surface area (Å²) in [6, 6.07) is 100. The fourth-order valence-corrected chi connectivity index (χ4v) is 11.0. The molecular weight excluding hydrogens is 897 g/mol. The lowest BCUT2D eigenvalue weighted by molar-refractivity contribution is 1.16. The van der Waals surface area contributed by atoms with Gasteiger partial charge in [-0.25, -0.2) is 9.97 Å². The molecule has 0 unspecified atom stereocenters. The van der Waals surface area contributed by atoms with Crippen LogP contribution in [-0.4, -0.2) is 19.1 Å². The molecule has 0 aliphatic rings. The largest absolute Gasteiger partial charge is 0.309 e. The van der Waals surface area contributed by atoms with Crippen molar-refractivity contribution in [3.63, 3.8) is 0 Å². The van der Waals surface area contributed by atoms with Crippen LogP contribution >= 0.6 is 0 Å². The van der Waals surface area contributed by atoms with Crippen molar-refractivity contribution in [3.8, 4) is 89.8 Å². The van der Waals surface area contributed by atoms with Gasteiger partial charge in [0.25, 0.3) is 0 Å². The van der Waals surface area contributed by atoms with Gasteiger partial charge >= 0.3 is 0 Å². The van der Waals surface area contributed by atoms with E-state index in [-0.39, 0.29) is 0 Å². The Morgan fingerprint density at radius 2 is 0.608 bits per heavy atom. The fourth-order valence-electron chi connectivity index (χ4n) is 11.0. The van der Waals surface area contributed by atoms with E-state index in [9.17, 15) is 0 Å². The molecular formula is C70H46N4. The highest BCUT2D eigenvalue weighted by atomic mass is 15.0. The average Bonchev–Trinajstić information content (AvgIpc) is 4.06. The van der Waals surface area contributed by atoms with E-state index in [1.807, 2.05) is 6.07 Å². The first-order chi connectivity index (χ1) is 36.7. The lowest BCUT2D eigenvalue weighted by Gasteiger charge is -2.16. The topological polar surface area (TPSA) is 35.6 Å². The predicted octanol–water partition coefficient (Wildman–Crippen LogP) is 18.3. The van der Waals surface area contributed by atoms with Crippen LogP contribution in [0.4, 0.5) is 0 Å². The van der Waals surface area contributed by atoms with Crippen molar-refractivity contribution in [1.82, 2.24) is 19.1 Å². The van der Waals surface area contributed by atoms with E-state index in [1.165, 1.54) is 21.9 Å². The third-order valence-corrected chi connectivity index (χ3v) is 14.5. The van der Waals surface area contributed by atoms with E-state index in [0.717, 1.165) is 106 Å². The Bertz CT molecular complexity index is 4300. The molecule has 3 heterocycles. The van der Waals surface area contributed by atoms with Crippen LogP contribution in [0, 0.1) is 0 Å². The molecule has 0 radical (unpaired) electrons. The van der Waals surface area contributed by atoms with E-state index in [4.69, 9.17) is 9.97 Å². The van der Waals surface area contributed by atoms with Crippen LogP contribution in [0.25, 0.3) is 133 Å². The lowest BCUT2D eigenvalue weighted by atomic mass is 9.93. The number of hydrogen-bond donors (Lipinski definition) is 0. The van der Waals surface area contributed by atoms with Gasteiger partial charge in [0.1, 0.15) is 0 Å². The normalized spacial score (nSPS) is 11.5. The lowest BCUT2D eigenvalue weighted by Crippen LogP contribution is -2.00. The summed E-state index contributed by atoms with van der Waals surface area (Å²) in [5.41, 5.74) is 20.6. The van der Waals surface area contributed by atoms with Gasteiger partial charge < -0.3 is 9.13 Å². The van der Waals surface area contributed by atoms with Gasteiger partial charge in [-0.05, 0) is 118 Å². The molecule has 4 nitrogen and oxygen atoms in total. The Morgan fingerprint density at radius 1 is 0.230 bits per heavy atom. The van der Waals surface area contributed by atoms with Crippen molar-refractivity contribution in [2.45, 2.75) is 0 Å². The second-order valence-corrected chi connectivity index (χ2v) is 18.9. The zero-order valence-corrected chi connectivity index (χ0v) is 40.3. The summed E-state index contributed by atoms with van der Waals surface area (Å²) in [4.78, 5) is 10.8. The van der Waals surface area contributed by atoms with Crippen LogP contribution in [-0.2, 0) is 0 Å². The molecule has 0 aliphatic heterocycles. The highest BCUT2D eigenvalue weighted by molar-refractivity contribution is 6.20. The molecule has 0 fully saturated rings. The molecule has 14 rings (SSSR count). The maximum Gasteiger partial charge on any atom is 0.160 e. The zero-order chi connectivity index (χ0) is 49.0. The number of aromatic nitrogens is 4. The van der Waals surface area contributed by atoms with Crippen molar-refractivity contribution in [2.24, 2.45) is 0 Å². The number of rotatable bonds is 9. The number of fused-ring (bicyclic) bond motifs is 6. The van der Waals surface area contributed by atoms with Gasteiger partial charge in [-0.3, -0.25) is 0 Å². The fraction of sp³-hybridized carbons (Fsp3) is 0. The molecule has 14 aromatic rings. The summed E-state index contributed by atoms with van der Waals surface area (Å²) in [7, 11) is 0. The second-order valence-electron chi connectivity index (χ2n) is 18.9. The molecule has 0 N–H and O–H groups in total. The zero-order valence-electron chi connectivity index (χ0n) is 40.3. The molecule has 0 saturated heterocycles. The van der Waals surface area contributed by atoms with Crippen LogP contribution in [0.15, 0.2) is 279 Å². The Balaban J connectivity index is 1.13. The van der Waals surface area contributed by atoms with Crippen molar-refractivity contribution in [2.75, 3.05) is 0 Å². The van der Waals surface area contributed by atoms with Crippen molar-refractivity contribution < 1.29 is 0 Å². The smallest absolute Gasteiger partial charge is 0.160 e. The Hall–Kier alpha value is -9.90. The summed E-state index contributed by atoms with van der Waals surface area (Å²) >= 11 is 0. The number of nitrogens with zero attached hydrogens (tertiary/aromatic N) is 4. The molecule has 0 spiro atoms. The summed E-state index contributed by atoms with van der Waals surface area (Å²) < 4.78 is 4.91. The number of para-hydroxylation sites is 2. The van der Waals surface area contributed by atoms with Gasteiger partial charge in [0.05, 0.1) is 33.5 Å². The van der Waals surface area contributed by atoms with Gasteiger partial charge in [-0.2, -0.15) is 0 Å². The molecule has 3 aromatic heterocycles. The SMILES string of the molecule is c1ccc(-c2ccc3c(c2)c2cc(-c4cc(-c5ccccc5)cc5c6cc(-c7ccccc7)cc(-c7cc(-c8ccccc8)nc(-c8ccccc8)n7)c6n(-c6ccccc6)c45)ccc2n3-c2ccccc2)cc1.